The van der Waals surface area contributed by atoms with Crippen molar-refractivity contribution in [1.29, 1.82) is 0 Å². The zero-order valence-corrected chi connectivity index (χ0v) is 28.0. The summed E-state index contributed by atoms with van der Waals surface area (Å²) in [6.07, 6.45) is -0.805. The molecule has 0 bridgehead atoms. The number of ether oxygens (including phenoxy) is 1. The number of halogens is 3. The van der Waals surface area contributed by atoms with Gasteiger partial charge < -0.3 is 15.2 Å². The number of aliphatic carboxylic acids is 1. The van der Waals surface area contributed by atoms with Gasteiger partial charge in [0, 0.05) is 37.7 Å². The summed E-state index contributed by atoms with van der Waals surface area (Å²) in [5.74, 6) is -3.07. The van der Waals surface area contributed by atoms with Gasteiger partial charge in [-0.3, -0.25) is 9.20 Å². The van der Waals surface area contributed by atoms with Crippen molar-refractivity contribution in [1.82, 2.24) is 29.2 Å². The third-order valence-electron chi connectivity index (χ3n) is 9.62. The van der Waals surface area contributed by atoms with Crippen molar-refractivity contribution in [2.45, 2.75) is 76.6 Å². The van der Waals surface area contributed by atoms with E-state index in [-0.39, 0.29) is 29.5 Å². The van der Waals surface area contributed by atoms with Crippen LogP contribution in [0, 0.1) is 26.2 Å². The lowest BCUT2D eigenvalue weighted by Gasteiger charge is -2.38. The van der Waals surface area contributed by atoms with Crippen LogP contribution in [0.4, 0.5) is 13.2 Å². The van der Waals surface area contributed by atoms with Crippen molar-refractivity contribution in [3.05, 3.63) is 81.9 Å². The fourth-order valence-corrected chi connectivity index (χ4v) is 8.44. The molecule has 0 aliphatic carbocycles. The molecule has 15 heteroatoms. The van der Waals surface area contributed by atoms with Crippen molar-refractivity contribution >= 4 is 21.6 Å². The predicted octanol–water partition coefficient (Wildman–Crippen LogP) is 5.02. The van der Waals surface area contributed by atoms with Gasteiger partial charge in [0.1, 0.15) is 10.5 Å². The van der Waals surface area contributed by atoms with E-state index >= 15 is 0 Å². The average molecular weight is 687 g/mol. The minimum atomic E-state index is -4.74. The van der Waals surface area contributed by atoms with Gasteiger partial charge in [-0.1, -0.05) is 18.2 Å². The van der Waals surface area contributed by atoms with Crippen LogP contribution in [0.2, 0.25) is 0 Å². The van der Waals surface area contributed by atoms with E-state index in [4.69, 9.17) is 4.74 Å². The van der Waals surface area contributed by atoms with E-state index in [2.05, 4.69) is 20.5 Å². The highest BCUT2D eigenvalue weighted by Gasteiger charge is 2.46. The van der Waals surface area contributed by atoms with Crippen LogP contribution in [0.1, 0.15) is 71.8 Å². The SMILES string of the molecule is Cc1cnc2c(c1)S(=O)(=O)N(Cc1cc([C@H](c3ccn4c(C(F)(F)F)nnc4c3C)C(C)(C)C(=O)O)ccc1C)CC1(CCNCC1)O2. The molecule has 1 spiro atoms. The van der Waals surface area contributed by atoms with Crippen LogP contribution in [0.15, 0.2) is 47.6 Å². The van der Waals surface area contributed by atoms with Gasteiger partial charge >= 0.3 is 12.1 Å². The summed E-state index contributed by atoms with van der Waals surface area (Å²) in [4.78, 5) is 17.1. The molecule has 2 N–H and O–H groups in total. The summed E-state index contributed by atoms with van der Waals surface area (Å²) in [5, 5.41) is 20.9. The summed E-state index contributed by atoms with van der Waals surface area (Å²) in [7, 11) is -4.08. The molecular weight excluding hydrogens is 649 g/mol. The summed E-state index contributed by atoms with van der Waals surface area (Å²) < 4.78 is 78.1. The van der Waals surface area contributed by atoms with Gasteiger partial charge in [0.15, 0.2) is 5.65 Å². The Balaban J connectivity index is 1.47. The first-order chi connectivity index (χ1) is 22.4. The fraction of sp³-hybridized carbons (Fsp3) is 0.455. The minimum absolute atomic E-state index is 0.00735. The number of piperidine rings is 1. The lowest BCUT2D eigenvalue weighted by atomic mass is 9.70. The molecule has 3 aromatic heterocycles. The highest BCUT2D eigenvalue weighted by molar-refractivity contribution is 7.89. The number of rotatable bonds is 6. The smallest absolute Gasteiger partial charge is 0.452 e. The van der Waals surface area contributed by atoms with Crippen LogP contribution in [-0.4, -0.2) is 68.6 Å². The van der Waals surface area contributed by atoms with Gasteiger partial charge in [0.2, 0.25) is 21.7 Å². The molecule has 2 aliphatic rings. The molecule has 5 heterocycles. The molecule has 1 atom stereocenters. The standard InChI is InChI=1S/C33H37F3N6O5S/c1-19-14-25-28(38-16-19)47-32(9-11-37-12-10-32)18-41(48(25,45)46)17-23-15-22(7-6-20(23)2)26(31(4,5)30(43)44)24-8-13-42-27(21(24)3)39-40-29(42)33(34,35)36/h6-8,13-16,26,37H,9-12,17-18H2,1-5H3,(H,43,44)/t26-/m1/s1. The van der Waals surface area contributed by atoms with Gasteiger partial charge in [-0.25, -0.2) is 13.4 Å². The number of alkyl halides is 3. The van der Waals surface area contributed by atoms with Crippen molar-refractivity contribution in [2.24, 2.45) is 5.41 Å². The number of aromatic nitrogens is 4. The van der Waals surface area contributed by atoms with Crippen LogP contribution in [0.3, 0.4) is 0 Å². The molecule has 0 saturated carbocycles. The van der Waals surface area contributed by atoms with E-state index in [9.17, 15) is 31.5 Å². The van der Waals surface area contributed by atoms with E-state index in [0.717, 1.165) is 9.96 Å². The highest BCUT2D eigenvalue weighted by Crippen LogP contribution is 2.44. The summed E-state index contributed by atoms with van der Waals surface area (Å²) in [6, 6.07) is 8.42. The van der Waals surface area contributed by atoms with Crippen LogP contribution in [-0.2, 0) is 27.5 Å². The van der Waals surface area contributed by atoms with Crippen LogP contribution in [0.25, 0.3) is 5.65 Å². The third kappa shape index (κ3) is 5.81. The molecule has 1 saturated heterocycles. The molecule has 1 aromatic carbocycles. The van der Waals surface area contributed by atoms with E-state index in [0.29, 0.717) is 53.7 Å². The average Bonchev–Trinajstić information content (AvgIpc) is 3.44. The van der Waals surface area contributed by atoms with Crippen LogP contribution in [0.5, 0.6) is 5.88 Å². The maximum Gasteiger partial charge on any atom is 0.452 e. The number of carbonyl (C=O) groups is 1. The van der Waals surface area contributed by atoms with E-state index in [1.165, 1.54) is 16.6 Å². The Bertz CT molecular complexity index is 2020. The second-order valence-electron chi connectivity index (χ2n) is 13.4. The summed E-state index contributed by atoms with van der Waals surface area (Å²) in [6.45, 7) is 9.68. The first-order valence-electron chi connectivity index (χ1n) is 15.6. The number of pyridine rings is 2. The maximum absolute atomic E-state index is 14.3. The third-order valence-corrected chi connectivity index (χ3v) is 11.4. The molecule has 0 radical (unpaired) electrons. The maximum atomic E-state index is 14.3. The lowest BCUT2D eigenvalue weighted by molar-refractivity contribution is -0.147. The Kier molecular flexibility index (Phi) is 8.32. The molecule has 48 heavy (non-hydrogen) atoms. The molecule has 256 valence electrons. The second-order valence-corrected chi connectivity index (χ2v) is 15.3. The number of hydrogen-bond acceptors (Lipinski definition) is 8. The Labute approximate surface area is 276 Å². The molecule has 4 aromatic rings. The Morgan fingerprint density at radius 3 is 2.48 bits per heavy atom. The largest absolute Gasteiger partial charge is 0.481 e. The number of aryl methyl sites for hydroxylation is 3. The number of nitrogens with one attached hydrogen (secondary N) is 1. The molecule has 11 nitrogen and oxygen atoms in total. The first-order valence-corrected chi connectivity index (χ1v) is 17.0. The summed E-state index contributed by atoms with van der Waals surface area (Å²) >= 11 is 0. The molecule has 6 rings (SSSR count). The van der Waals surface area contributed by atoms with Gasteiger partial charge in [0.25, 0.3) is 0 Å². The van der Waals surface area contributed by atoms with Gasteiger partial charge in [0.05, 0.1) is 12.0 Å². The van der Waals surface area contributed by atoms with Crippen molar-refractivity contribution < 1.29 is 36.2 Å². The number of nitrogens with zero attached hydrogens (tertiary/aromatic N) is 5. The highest BCUT2D eigenvalue weighted by atomic mass is 32.2. The zero-order valence-electron chi connectivity index (χ0n) is 27.2. The van der Waals surface area contributed by atoms with Gasteiger partial charge in [-0.05, 0) is 93.2 Å². The monoisotopic (exact) mass is 686 g/mol. The molecule has 0 amide bonds. The number of sulfonamides is 1. The van der Waals surface area contributed by atoms with Crippen LogP contribution >= 0.6 is 0 Å². The van der Waals surface area contributed by atoms with E-state index in [1.807, 2.05) is 13.0 Å². The number of carboxylic acid groups (broad SMARTS) is 1. The van der Waals surface area contributed by atoms with Crippen molar-refractivity contribution in [2.75, 3.05) is 19.6 Å². The molecular formula is C33H37F3N6O5S. The van der Waals surface area contributed by atoms with E-state index in [1.54, 1.807) is 52.1 Å². The number of fused-ring (bicyclic) bond motifs is 2. The quantitative estimate of drug-likeness (QED) is 0.287. The van der Waals surface area contributed by atoms with Crippen molar-refractivity contribution in [3.63, 3.8) is 0 Å². The predicted molar refractivity (Wildman–Crippen MR) is 169 cm³/mol. The topological polar surface area (TPSA) is 139 Å². The fourth-order valence-electron chi connectivity index (χ4n) is 6.80. The van der Waals surface area contributed by atoms with Crippen molar-refractivity contribution in [3.8, 4) is 5.88 Å². The lowest BCUT2D eigenvalue weighted by Crippen LogP contribution is -2.53. The number of benzene rings is 1. The number of hydrogen-bond donors (Lipinski definition) is 2. The minimum Gasteiger partial charge on any atom is -0.481 e. The molecule has 1 fully saturated rings. The van der Waals surface area contributed by atoms with Crippen LogP contribution < -0.4 is 10.1 Å². The molecule has 0 unspecified atom stereocenters. The van der Waals surface area contributed by atoms with E-state index < -0.39 is 44.9 Å². The zero-order chi connectivity index (χ0) is 34.8. The number of carboxylic acids is 1. The summed E-state index contributed by atoms with van der Waals surface area (Å²) in [5.41, 5.74) is 1.20. The second kappa shape index (κ2) is 11.8. The normalized spacial score (nSPS) is 18.7. The van der Waals surface area contributed by atoms with Gasteiger partial charge in [-0.2, -0.15) is 17.5 Å². The van der Waals surface area contributed by atoms with Gasteiger partial charge in [-0.15, -0.1) is 10.2 Å². The first kappa shape index (κ1) is 33.8. The Morgan fingerprint density at radius 2 is 1.81 bits per heavy atom. The Morgan fingerprint density at radius 1 is 1.10 bits per heavy atom. The molecule has 2 aliphatic heterocycles. The Hall–Kier alpha value is -4.08.